The van der Waals surface area contributed by atoms with Crippen LogP contribution in [-0.4, -0.2) is 17.0 Å². The van der Waals surface area contributed by atoms with Gasteiger partial charge in [0.25, 0.3) is 0 Å². The molecule has 2 aromatic rings. The van der Waals surface area contributed by atoms with Gasteiger partial charge in [-0.2, -0.15) is 0 Å². The topological polar surface area (TPSA) is 75.7 Å². The van der Waals surface area contributed by atoms with Gasteiger partial charge in [0.05, 0.1) is 0 Å². The van der Waals surface area contributed by atoms with Crippen LogP contribution in [0.3, 0.4) is 0 Å². The smallest absolute Gasteiger partial charge is 0.186 e. The van der Waals surface area contributed by atoms with Gasteiger partial charge in [-0.25, -0.2) is 0 Å². The Hall–Kier alpha value is -2.04. The summed E-state index contributed by atoms with van der Waals surface area (Å²) < 4.78 is 5.25. The first-order valence-corrected chi connectivity index (χ1v) is 6.57. The van der Waals surface area contributed by atoms with E-state index in [4.69, 9.17) is 15.6 Å². The molecule has 20 heavy (non-hydrogen) atoms. The van der Waals surface area contributed by atoms with Crippen molar-refractivity contribution in [3.8, 4) is 11.5 Å². The van der Waals surface area contributed by atoms with Crippen LogP contribution in [-0.2, 0) is 19.4 Å². The summed E-state index contributed by atoms with van der Waals surface area (Å²) in [6.45, 7) is 0.0910. The summed E-state index contributed by atoms with van der Waals surface area (Å²) in [7, 11) is 0. The van der Waals surface area contributed by atoms with E-state index in [1.54, 1.807) is 12.1 Å². The number of rotatable bonds is 6. The van der Waals surface area contributed by atoms with Gasteiger partial charge < -0.3 is 20.7 Å². The first kappa shape index (κ1) is 14.4. The number of aliphatic hydroxyl groups is 1. The van der Waals surface area contributed by atoms with Crippen LogP contribution >= 0.6 is 0 Å². The quantitative estimate of drug-likeness (QED) is 0.703. The monoisotopic (exact) mass is 273 g/mol. The summed E-state index contributed by atoms with van der Waals surface area (Å²) in [5, 5.41) is 18.2. The zero-order valence-electron chi connectivity index (χ0n) is 11.2. The van der Waals surface area contributed by atoms with E-state index >= 15 is 0 Å². The highest BCUT2D eigenvalue weighted by Gasteiger charge is 2.09. The molecule has 0 saturated carbocycles. The van der Waals surface area contributed by atoms with Crippen LogP contribution in [0.4, 0.5) is 0 Å². The Kier molecular flexibility index (Phi) is 4.98. The van der Waals surface area contributed by atoms with Crippen LogP contribution in [0, 0.1) is 0 Å². The molecule has 4 nitrogen and oxygen atoms in total. The predicted molar refractivity (Wildman–Crippen MR) is 77.6 cm³/mol. The van der Waals surface area contributed by atoms with Crippen LogP contribution < -0.4 is 10.5 Å². The van der Waals surface area contributed by atoms with Crippen molar-refractivity contribution in [2.45, 2.75) is 19.4 Å². The molecule has 0 bridgehead atoms. The molecule has 2 rings (SSSR count). The minimum atomic E-state index is -0.347. The number of ether oxygens (including phenoxy) is 1. The molecule has 0 aliphatic carbocycles. The van der Waals surface area contributed by atoms with Crippen molar-refractivity contribution < 1.29 is 14.9 Å². The van der Waals surface area contributed by atoms with Crippen molar-refractivity contribution >= 4 is 0 Å². The normalized spacial score (nSPS) is 10.5. The highest BCUT2D eigenvalue weighted by atomic mass is 16.6. The van der Waals surface area contributed by atoms with E-state index in [1.807, 2.05) is 30.3 Å². The lowest BCUT2D eigenvalue weighted by molar-refractivity contribution is 0.0975. The van der Waals surface area contributed by atoms with Crippen LogP contribution in [0.5, 0.6) is 11.5 Å². The van der Waals surface area contributed by atoms with Gasteiger partial charge >= 0.3 is 0 Å². The maximum atomic E-state index is 9.27. The third-order valence-electron chi connectivity index (χ3n) is 3.27. The van der Waals surface area contributed by atoms with E-state index in [0.29, 0.717) is 12.3 Å². The lowest BCUT2D eigenvalue weighted by atomic mass is 9.98. The van der Waals surface area contributed by atoms with Gasteiger partial charge in [0, 0.05) is 6.54 Å². The Morgan fingerprint density at radius 3 is 2.40 bits per heavy atom. The second-order valence-electron chi connectivity index (χ2n) is 4.54. The number of phenols is 1. The Morgan fingerprint density at radius 1 is 1.00 bits per heavy atom. The van der Waals surface area contributed by atoms with Gasteiger partial charge in [-0.15, -0.1) is 0 Å². The zero-order valence-corrected chi connectivity index (χ0v) is 11.2. The summed E-state index contributed by atoms with van der Waals surface area (Å²) in [5.74, 6) is 0.939. The van der Waals surface area contributed by atoms with Gasteiger partial charge in [0.15, 0.2) is 6.79 Å². The maximum Gasteiger partial charge on any atom is 0.186 e. The Balaban J connectivity index is 2.16. The highest BCUT2D eigenvalue weighted by Crippen LogP contribution is 2.24. The molecule has 0 spiro atoms. The molecule has 106 valence electrons. The molecule has 0 heterocycles. The number of aromatic hydroxyl groups is 1. The van der Waals surface area contributed by atoms with Crippen LogP contribution in [0.25, 0.3) is 0 Å². The lowest BCUT2D eigenvalue weighted by Gasteiger charge is -2.13. The molecule has 0 radical (unpaired) electrons. The van der Waals surface area contributed by atoms with Crippen LogP contribution in [0.1, 0.15) is 16.7 Å². The zero-order chi connectivity index (χ0) is 14.4. The van der Waals surface area contributed by atoms with Crippen molar-refractivity contribution in [1.29, 1.82) is 0 Å². The highest BCUT2D eigenvalue weighted by molar-refractivity contribution is 5.41. The maximum absolute atomic E-state index is 9.27. The summed E-state index contributed by atoms with van der Waals surface area (Å²) in [5.41, 5.74) is 8.93. The second-order valence-corrected chi connectivity index (χ2v) is 4.54. The molecule has 0 atom stereocenters. The van der Waals surface area contributed by atoms with E-state index in [2.05, 4.69) is 0 Å². The van der Waals surface area contributed by atoms with E-state index in [0.717, 1.165) is 29.5 Å². The van der Waals surface area contributed by atoms with Crippen LogP contribution in [0.2, 0.25) is 0 Å². The molecule has 0 fully saturated rings. The minimum absolute atomic E-state index is 0.264. The first-order chi connectivity index (χ1) is 9.74. The predicted octanol–water partition coefficient (Wildman–Crippen LogP) is 1.96. The van der Waals surface area contributed by atoms with Crippen molar-refractivity contribution in [3.05, 3.63) is 59.2 Å². The van der Waals surface area contributed by atoms with Gasteiger partial charge in [-0.05, 0) is 47.7 Å². The van der Waals surface area contributed by atoms with Crippen LogP contribution in [0.15, 0.2) is 42.5 Å². The summed E-state index contributed by atoms with van der Waals surface area (Å²) in [4.78, 5) is 0. The molecule has 0 saturated heterocycles. The molecule has 0 aliphatic rings. The van der Waals surface area contributed by atoms with E-state index < -0.39 is 0 Å². The Morgan fingerprint density at radius 2 is 1.75 bits per heavy atom. The number of benzene rings is 2. The molecule has 0 aromatic heterocycles. The van der Waals surface area contributed by atoms with Crippen molar-refractivity contribution in [2.24, 2.45) is 5.73 Å². The Bertz CT molecular complexity index is 552. The largest absolute Gasteiger partial charge is 0.508 e. The van der Waals surface area contributed by atoms with Crippen molar-refractivity contribution in [3.63, 3.8) is 0 Å². The fraction of sp³-hybridized carbons (Fsp3) is 0.250. The van der Waals surface area contributed by atoms with E-state index in [9.17, 15) is 5.11 Å². The first-order valence-electron chi connectivity index (χ1n) is 6.57. The summed E-state index contributed by atoms with van der Waals surface area (Å²) in [6, 6.07) is 12.8. The number of nitrogens with two attached hydrogens (primary N) is 1. The lowest BCUT2D eigenvalue weighted by Crippen LogP contribution is -2.07. The third kappa shape index (κ3) is 3.50. The van der Waals surface area contributed by atoms with Gasteiger partial charge in [0.2, 0.25) is 0 Å². The SMILES string of the molecule is NCc1cccc(OCO)c1CCc1ccc(O)cc1. The molecule has 0 aliphatic heterocycles. The van der Waals surface area contributed by atoms with E-state index in [-0.39, 0.29) is 12.5 Å². The molecular formula is C16H19NO3. The third-order valence-corrected chi connectivity index (χ3v) is 3.27. The molecular weight excluding hydrogens is 254 g/mol. The second kappa shape index (κ2) is 6.93. The van der Waals surface area contributed by atoms with Gasteiger partial charge in [0.1, 0.15) is 11.5 Å². The molecule has 4 N–H and O–H groups in total. The standard InChI is InChI=1S/C16H19NO3/c17-10-13-2-1-3-16(20-11-18)15(13)9-6-12-4-7-14(19)8-5-12/h1-5,7-8,18-19H,6,9-11,17H2. The number of phenolic OH excluding ortho intramolecular Hbond substituents is 1. The number of hydrogen-bond acceptors (Lipinski definition) is 4. The average molecular weight is 273 g/mol. The molecule has 2 aromatic carbocycles. The Labute approximate surface area is 118 Å². The number of aryl methyl sites for hydroxylation is 1. The summed E-state index contributed by atoms with van der Waals surface area (Å²) >= 11 is 0. The molecule has 0 unspecified atom stereocenters. The fourth-order valence-electron chi connectivity index (χ4n) is 2.22. The number of aliphatic hydroxyl groups excluding tert-OH is 1. The summed E-state index contributed by atoms with van der Waals surface area (Å²) in [6.07, 6.45) is 1.59. The van der Waals surface area contributed by atoms with Gasteiger partial charge in [-0.1, -0.05) is 24.3 Å². The molecule has 4 heteroatoms. The fourth-order valence-corrected chi connectivity index (χ4v) is 2.22. The van der Waals surface area contributed by atoms with E-state index in [1.165, 1.54) is 0 Å². The minimum Gasteiger partial charge on any atom is -0.508 e. The van der Waals surface area contributed by atoms with Crippen molar-refractivity contribution in [1.82, 2.24) is 0 Å². The van der Waals surface area contributed by atoms with Crippen molar-refractivity contribution in [2.75, 3.05) is 6.79 Å². The molecule has 0 amide bonds. The average Bonchev–Trinajstić information content (AvgIpc) is 2.47. The number of hydrogen-bond donors (Lipinski definition) is 3. The van der Waals surface area contributed by atoms with Gasteiger partial charge in [-0.3, -0.25) is 0 Å².